The van der Waals surface area contributed by atoms with Gasteiger partial charge in [-0.2, -0.15) is 10.4 Å². The summed E-state index contributed by atoms with van der Waals surface area (Å²) in [7, 11) is 1.74. The molecular weight excluding hydrogens is 266 g/mol. The van der Waals surface area contributed by atoms with Crippen LogP contribution in [0.25, 0.3) is 11.0 Å². The van der Waals surface area contributed by atoms with Gasteiger partial charge in [0, 0.05) is 13.6 Å². The Balaban J connectivity index is 2.00. The molecule has 6 heteroatoms. The highest BCUT2D eigenvalue weighted by Gasteiger charge is 2.14. The van der Waals surface area contributed by atoms with E-state index in [1.807, 2.05) is 30.3 Å². The van der Waals surface area contributed by atoms with Crippen molar-refractivity contribution in [2.24, 2.45) is 7.05 Å². The molecule has 3 rings (SSSR count). The van der Waals surface area contributed by atoms with Gasteiger partial charge >= 0.3 is 0 Å². The third-order valence-corrected chi connectivity index (χ3v) is 3.46. The van der Waals surface area contributed by atoms with Gasteiger partial charge in [-0.1, -0.05) is 30.3 Å². The van der Waals surface area contributed by atoms with Gasteiger partial charge in [0.05, 0.1) is 18.2 Å². The third kappa shape index (κ3) is 2.30. The molecule has 0 saturated heterocycles. The van der Waals surface area contributed by atoms with E-state index in [1.165, 1.54) is 17.1 Å². The average Bonchev–Trinajstić information content (AvgIpc) is 2.90. The van der Waals surface area contributed by atoms with E-state index in [1.54, 1.807) is 11.7 Å². The highest BCUT2D eigenvalue weighted by Crippen LogP contribution is 2.16. The largest absolute Gasteiger partial charge is 0.297 e. The number of nitriles is 1. The summed E-state index contributed by atoms with van der Waals surface area (Å²) in [5.74, 6) is -0.389. The second-order valence-corrected chi connectivity index (χ2v) is 4.80. The van der Waals surface area contributed by atoms with E-state index in [0.717, 1.165) is 5.56 Å². The topological polar surface area (TPSA) is 76.5 Å². The number of hydrogen-bond acceptors (Lipinski definition) is 4. The summed E-state index contributed by atoms with van der Waals surface area (Å²) in [4.78, 5) is 16.6. The van der Waals surface area contributed by atoms with Gasteiger partial charge in [-0.15, -0.1) is 0 Å². The first-order chi connectivity index (χ1) is 10.2. The van der Waals surface area contributed by atoms with Crippen LogP contribution in [0.2, 0.25) is 0 Å². The van der Waals surface area contributed by atoms with Crippen LogP contribution in [-0.4, -0.2) is 19.3 Å². The van der Waals surface area contributed by atoms with Crippen LogP contribution >= 0.6 is 0 Å². The van der Waals surface area contributed by atoms with E-state index >= 15 is 0 Å². The van der Waals surface area contributed by atoms with E-state index in [0.29, 0.717) is 11.0 Å². The Bertz CT molecular complexity index is 872. The second kappa shape index (κ2) is 5.21. The van der Waals surface area contributed by atoms with E-state index < -0.39 is 0 Å². The van der Waals surface area contributed by atoms with E-state index in [4.69, 9.17) is 0 Å². The molecule has 0 saturated carbocycles. The van der Waals surface area contributed by atoms with Gasteiger partial charge in [0.1, 0.15) is 11.7 Å². The second-order valence-electron chi connectivity index (χ2n) is 4.80. The Morgan fingerprint density at radius 3 is 2.81 bits per heavy atom. The van der Waals surface area contributed by atoms with E-state index in [-0.39, 0.29) is 18.0 Å². The molecule has 0 spiro atoms. The van der Waals surface area contributed by atoms with Crippen LogP contribution in [0.5, 0.6) is 0 Å². The number of nitrogens with zero attached hydrogens (tertiary/aromatic N) is 5. The molecule has 6 nitrogen and oxygen atoms in total. The number of fused-ring (bicyclic) bond motifs is 1. The molecule has 0 aliphatic rings. The van der Waals surface area contributed by atoms with Gasteiger partial charge in [0.15, 0.2) is 5.65 Å². The third-order valence-electron chi connectivity index (χ3n) is 3.46. The molecule has 0 aliphatic heterocycles. The number of hydrogen-bond donors (Lipinski definition) is 0. The van der Waals surface area contributed by atoms with Gasteiger partial charge in [-0.3, -0.25) is 14.0 Å². The predicted molar refractivity (Wildman–Crippen MR) is 77.6 cm³/mol. The first kappa shape index (κ1) is 13.1. The molecule has 1 atom stereocenters. The van der Waals surface area contributed by atoms with E-state index in [2.05, 4.69) is 16.2 Å². The zero-order chi connectivity index (χ0) is 14.8. The van der Waals surface area contributed by atoms with Crippen molar-refractivity contribution in [2.45, 2.75) is 12.5 Å². The van der Waals surface area contributed by atoms with E-state index in [9.17, 15) is 10.1 Å². The van der Waals surface area contributed by atoms with Crippen LogP contribution in [0.1, 0.15) is 11.5 Å². The molecule has 0 amide bonds. The zero-order valence-electron chi connectivity index (χ0n) is 11.5. The SMILES string of the molecule is Cn1ncc2c(=O)n(CC(C#N)c3ccccc3)cnc21. The first-order valence-electron chi connectivity index (χ1n) is 6.52. The molecule has 21 heavy (non-hydrogen) atoms. The first-order valence-corrected chi connectivity index (χ1v) is 6.52. The van der Waals surface area contributed by atoms with Crippen molar-refractivity contribution in [1.82, 2.24) is 19.3 Å². The van der Waals surface area contributed by atoms with Gasteiger partial charge in [-0.25, -0.2) is 4.98 Å². The molecule has 2 heterocycles. The van der Waals surface area contributed by atoms with Crippen LogP contribution in [0.4, 0.5) is 0 Å². The molecule has 104 valence electrons. The van der Waals surface area contributed by atoms with Crippen LogP contribution in [0, 0.1) is 11.3 Å². The van der Waals surface area contributed by atoms with Crippen LogP contribution < -0.4 is 5.56 Å². The minimum atomic E-state index is -0.389. The van der Waals surface area contributed by atoms with Gasteiger partial charge in [0.25, 0.3) is 5.56 Å². The normalized spacial score (nSPS) is 12.2. The highest BCUT2D eigenvalue weighted by molar-refractivity contribution is 5.72. The molecule has 1 aromatic carbocycles. The fourth-order valence-electron chi connectivity index (χ4n) is 2.30. The number of aryl methyl sites for hydroxylation is 1. The molecular formula is C15H13N5O. The van der Waals surface area contributed by atoms with Crippen LogP contribution in [0.15, 0.2) is 47.7 Å². The summed E-state index contributed by atoms with van der Waals surface area (Å²) in [6.45, 7) is 0.275. The lowest BCUT2D eigenvalue weighted by molar-refractivity contribution is 0.618. The molecule has 0 aliphatic carbocycles. The lowest BCUT2D eigenvalue weighted by atomic mass is 10.0. The summed E-state index contributed by atoms with van der Waals surface area (Å²) in [5.41, 5.74) is 1.26. The van der Waals surface area contributed by atoms with Gasteiger partial charge < -0.3 is 0 Å². The Hall–Kier alpha value is -2.94. The van der Waals surface area contributed by atoms with Crippen molar-refractivity contribution in [1.29, 1.82) is 5.26 Å². The Morgan fingerprint density at radius 1 is 1.33 bits per heavy atom. The fraction of sp³-hybridized carbons (Fsp3) is 0.200. The number of benzene rings is 1. The van der Waals surface area contributed by atoms with Gasteiger partial charge in [0.2, 0.25) is 0 Å². The fourth-order valence-corrected chi connectivity index (χ4v) is 2.30. The molecule has 1 unspecified atom stereocenters. The summed E-state index contributed by atoms with van der Waals surface area (Å²) in [5, 5.41) is 13.8. The monoisotopic (exact) mass is 279 g/mol. The average molecular weight is 279 g/mol. The molecule has 0 bridgehead atoms. The maximum absolute atomic E-state index is 12.4. The maximum atomic E-state index is 12.4. The summed E-state index contributed by atoms with van der Waals surface area (Å²) < 4.78 is 3.02. The molecule has 3 aromatic rings. The zero-order valence-corrected chi connectivity index (χ0v) is 11.5. The lowest BCUT2D eigenvalue weighted by Crippen LogP contribution is -2.23. The lowest BCUT2D eigenvalue weighted by Gasteiger charge is -2.11. The summed E-state index contributed by atoms with van der Waals surface area (Å²) in [6, 6.07) is 11.7. The molecule has 0 radical (unpaired) electrons. The number of rotatable bonds is 3. The molecule has 0 N–H and O–H groups in total. The summed E-state index contributed by atoms with van der Waals surface area (Å²) >= 11 is 0. The number of aromatic nitrogens is 4. The Labute approximate surface area is 120 Å². The Morgan fingerprint density at radius 2 is 2.10 bits per heavy atom. The van der Waals surface area contributed by atoms with Crippen molar-refractivity contribution in [3.05, 3.63) is 58.8 Å². The summed E-state index contributed by atoms with van der Waals surface area (Å²) in [6.07, 6.45) is 2.98. The maximum Gasteiger partial charge on any atom is 0.264 e. The minimum Gasteiger partial charge on any atom is -0.297 e. The van der Waals surface area contributed by atoms with Crippen molar-refractivity contribution in [3.8, 4) is 6.07 Å². The minimum absolute atomic E-state index is 0.177. The quantitative estimate of drug-likeness (QED) is 0.727. The van der Waals surface area contributed by atoms with Gasteiger partial charge in [-0.05, 0) is 5.56 Å². The van der Waals surface area contributed by atoms with Crippen molar-refractivity contribution >= 4 is 11.0 Å². The molecule has 2 aromatic heterocycles. The van der Waals surface area contributed by atoms with Crippen molar-refractivity contribution < 1.29 is 0 Å². The highest BCUT2D eigenvalue weighted by atomic mass is 16.1. The Kier molecular flexibility index (Phi) is 3.24. The predicted octanol–water partition coefficient (Wildman–Crippen LogP) is 1.44. The van der Waals surface area contributed by atoms with Crippen LogP contribution in [0.3, 0.4) is 0 Å². The van der Waals surface area contributed by atoms with Crippen molar-refractivity contribution in [3.63, 3.8) is 0 Å². The smallest absolute Gasteiger partial charge is 0.264 e. The standard InChI is InChI=1S/C15H13N5O/c1-19-14-13(8-18-19)15(21)20(10-17-14)9-12(7-16)11-5-3-2-4-6-11/h2-6,8,10,12H,9H2,1H3. The van der Waals surface area contributed by atoms with Crippen molar-refractivity contribution in [2.75, 3.05) is 0 Å². The molecule has 0 fully saturated rings. The van der Waals surface area contributed by atoms with Crippen LogP contribution in [-0.2, 0) is 13.6 Å².